The lowest BCUT2D eigenvalue weighted by atomic mass is 10.1. The highest BCUT2D eigenvalue weighted by Crippen LogP contribution is 2.22. The minimum atomic E-state index is 0.624. The van der Waals surface area contributed by atoms with Crippen molar-refractivity contribution in [2.75, 3.05) is 13.7 Å². The van der Waals surface area contributed by atoms with Crippen molar-refractivity contribution in [1.82, 2.24) is 0 Å². The van der Waals surface area contributed by atoms with E-state index in [-0.39, 0.29) is 0 Å². The molecule has 0 saturated carbocycles. The zero-order valence-corrected chi connectivity index (χ0v) is 13.5. The van der Waals surface area contributed by atoms with Crippen molar-refractivity contribution in [2.45, 2.75) is 26.4 Å². The Morgan fingerprint density at radius 1 is 1.19 bits per heavy atom. The van der Waals surface area contributed by atoms with Gasteiger partial charge >= 0.3 is 0 Å². The molecule has 0 radical (unpaired) electrons. The monoisotopic (exact) mass is 302 g/mol. The first kappa shape index (κ1) is 15.8. The molecule has 0 amide bonds. The number of hydrogen-bond acceptors (Lipinski definition) is 3. The first-order valence-electron chi connectivity index (χ1n) is 7.27. The smallest absolute Gasteiger partial charge is 0.118 e. The van der Waals surface area contributed by atoms with Gasteiger partial charge in [-0.15, -0.1) is 11.3 Å². The van der Waals surface area contributed by atoms with E-state index < -0.39 is 0 Å². The van der Waals surface area contributed by atoms with E-state index in [9.17, 15) is 0 Å². The lowest BCUT2D eigenvalue weighted by Crippen LogP contribution is -1.98. The molecule has 21 heavy (non-hydrogen) atoms. The number of rotatable bonds is 8. The third-order valence-electron chi connectivity index (χ3n) is 3.20. The lowest BCUT2D eigenvalue weighted by molar-refractivity contribution is 0.153. The van der Waals surface area contributed by atoms with Gasteiger partial charge < -0.3 is 9.47 Å². The minimum absolute atomic E-state index is 0.624. The van der Waals surface area contributed by atoms with Crippen molar-refractivity contribution in [3.05, 3.63) is 58.3 Å². The van der Waals surface area contributed by atoms with Crippen LogP contribution in [0.5, 0.6) is 5.75 Å². The van der Waals surface area contributed by atoms with Crippen molar-refractivity contribution < 1.29 is 9.47 Å². The molecule has 0 bridgehead atoms. The second-order valence-corrected chi connectivity index (χ2v) is 5.78. The maximum atomic E-state index is 5.87. The second-order valence-electron chi connectivity index (χ2n) is 4.84. The van der Waals surface area contributed by atoms with Crippen LogP contribution in [0.2, 0.25) is 0 Å². The quantitative estimate of drug-likeness (QED) is 0.671. The van der Waals surface area contributed by atoms with Gasteiger partial charge in [0.15, 0.2) is 0 Å². The highest BCUT2D eigenvalue weighted by molar-refractivity contribution is 7.11. The highest BCUT2D eigenvalue weighted by atomic mass is 32.1. The molecule has 2 aromatic rings. The molecule has 0 aliphatic rings. The summed E-state index contributed by atoms with van der Waals surface area (Å²) in [5.41, 5.74) is 2.46. The molecule has 1 aromatic heterocycles. The van der Waals surface area contributed by atoms with Crippen LogP contribution in [-0.2, 0) is 11.3 Å². The van der Waals surface area contributed by atoms with E-state index in [2.05, 4.69) is 30.5 Å². The fourth-order valence-corrected chi connectivity index (χ4v) is 2.77. The van der Waals surface area contributed by atoms with Crippen molar-refractivity contribution in [1.29, 1.82) is 0 Å². The molecule has 2 nitrogen and oxygen atoms in total. The molecule has 0 N–H and O–H groups in total. The topological polar surface area (TPSA) is 18.5 Å². The standard InChI is InChI=1S/C18H22O2S/c1-3-4-6-16(18-7-5-12-21-18)14-20-13-15-8-10-17(19-2)11-9-15/h5-12H,3-4,13-14H2,1-2H3/b16-6+. The molecule has 112 valence electrons. The third kappa shape index (κ3) is 5.03. The molecule has 2 rings (SSSR count). The lowest BCUT2D eigenvalue weighted by Gasteiger charge is -2.08. The predicted octanol–water partition coefficient (Wildman–Crippen LogP) is 5.16. The van der Waals surface area contributed by atoms with Crippen LogP contribution in [0.1, 0.15) is 30.2 Å². The number of ether oxygens (including phenoxy) is 2. The largest absolute Gasteiger partial charge is 0.497 e. The summed E-state index contributed by atoms with van der Waals surface area (Å²) in [5.74, 6) is 0.876. The Morgan fingerprint density at radius 2 is 2.00 bits per heavy atom. The maximum absolute atomic E-state index is 5.87. The van der Waals surface area contributed by atoms with E-state index in [0.717, 1.165) is 24.2 Å². The third-order valence-corrected chi connectivity index (χ3v) is 4.15. The molecule has 3 heteroatoms. The Hall–Kier alpha value is -1.58. The molecular weight excluding hydrogens is 280 g/mol. The Morgan fingerprint density at radius 3 is 2.62 bits per heavy atom. The van der Waals surface area contributed by atoms with Crippen molar-refractivity contribution in [2.24, 2.45) is 0 Å². The van der Waals surface area contributed by atoms with E-state index in [1.165, 1.54) is 10.5 Å². The molecule has 0 spiro atoms. The summed E-state index contributed by atoms with van der Waals surface area (Å²) in [6, 6.07) is 12.3. The highest BCUT2D eigenvalue weighted by Gasteiger charge is 2.03. The number of unbranched alkanes of at least 4 members (excludes halogenated alkanes) is 1. The van der Waals surface area contributed by atoms with Gasteiger partial charge in [-0.05, 0) is 41.1 Å². The molecule has 0 saturated heterocycles. The van der Waals surface area contributed by atoms with E-state index in [1.54, 1.807) is 18.4 Å². The Kier molecular flexibility index (Phi) is 6.51. The molecular formula is C18H22O2S. The van der Waals surface area contributed by atoms with Crippen LogP contribution >= 0.6 is 11.3 Å². The second kappa shape index (κ2) is 8.65. The molecule has 0 aliphatic carbocycles. The van der Waals surface area contributed by atoms with Gasteiger partial charge in [-0.2, -0.15) is 0 Å². The summed E-state index contributed by atoms with van der Waals surface area (Å²) in [7, 11) is 1.68. The SMILES string of the molecule is CCC/C=C(\COCc1ccc(OC)cc1)c1cccs1. The molecule has 1 heterocycles. The fraction of sp³-hybridized carbons (Fsp3) is 0.333. The normalized spacial score (nSPS) is 11.6. The molecule has 0 unspecified atom stereocenters. The number of benzene rings is 1. The number of hydrogen-bond donors (Lipinski definition) is 0. The van der Waals surface area contributed by atoms with Crippen molar-refractivity contribution >= 4 is 16.9 Å². The van der Waals surface area contributed by atoms with Crippen LogP contribution in [0, 0.1) is 0 Å². The number of methoxy groups -OCH3 is 1. The molecule has 1 aromatic carbocycles. The van der Waals surface area contributed by atoms with Crippen molar-refractivity contribution in [3.8, 4) is 5.75 Å². The summed E-state index contributed by atoms with van der Waals surface area (Å²) >= 11 is 1.77. The van der Waals surface area contributed by atoms with Gasteiger partial charge in [-0.3, -0.25) is 0 Å². The van der Waals surface area contributed by atoms with Crippen LogP contribution in [-0.4, -0.2) is 13.7 Å². The Bertz CT molecular complexity index is 541. The van der Waals surface area contributed by atoms with Gasteiger partial charge in [0.2, 0.25) is 0 Å². The molecule has 0 fully saturated rings. The maximum Gasteiger partial charge on any atom is 0.118 e. The average molecular weight is 302 g/mol. The van der Waals surface area contributed by atoms with E-state index in [1.807, 2.05) is 24.3 Å². The van der Waals surface area contributed by atoms with Gasteiger partial charge in [0.25, 0.3) is 0 Å². The van der Waals surface area contributed by atoms with Gasteiger partial charge in [-0.1, -0.05) is 37.6 Å². The number of thiophene rings is 1. The summed E-state index contributed by atoms with van der Waals surface area (Å²) in [5, 5.41) is 2.11. The van der Waals surface area contributed by atoms with Crippen LogP contribution in [0.15, 0.2) is 47.9 Å². The van der Waals surface area contributed by atoms with Crippen LogP contribution < -0.4 is 4.74 Å². The minimum Gasteiger partial charge on any atom is -0.497 e. The Labute approximate surface area is 131 Å². The van der Waals surface area contributed by atoms with Gasteiger partial charge in [-0.25, -0.2) is 0 Å². The van der Waals surface area contributed by atoms with E-state index in [4.69, 9.17) is 9.47 Å². The van der Waals surface area contributed by atoms with Crippen LogP contribution in [0.3, 0.4) is 0 Å². The molecule has 0 atom stereocenters. The van der Waals surface area contributed by atoms with Gasteiger partial charge in [0, 0.05) is 4.88 Å². The van der Waals surface area contributed by atoms with Crippen LogP contribution in [0.25, 0.3) is 5.57 Å². The summed E-state index contributed by atoms with van der Waals surface area (Å²) in [6.07, 6.45) is 4.55. The summed E-state index contributed by atoms with van der Waals surface area (Å²) in [6.45, 7) is 3.48. The Balaban J connectivity index is 1.89. The first-order chi connectivity index (χ1) is 10.3. The number of allylic oxidation sites excluding steroid dienone is 1. The average Bonchev–Trinajstić information content (AvgIpc) is 3.05. The zero-order chi connectivity index (χ0) is 14.9. The summed E-state index contributed by atoms with van der Waals surface area (Å²) in [4.78, 5) is 1.30. The van der Waals surface area contributed by atoms with Gasteiger partial charge in [0.05, 0.1) is 20.3 Å². The van der Waals surface area contributed by atoms with Gasteiger partial charge in [0.1, 0.15) is 5.75 Å². The first-order valence-corrected chi connectivity index (χ1v) is 8.15. The van der Waals surface area contributed by atoms with E-state index in [0.29, 0.717) is 13.2 Å². The predicted molar refractivity (Wildman–Crippen MR) is 89.9 cm³/mol. The fourth-order valence-electron chi connectivity index (χ4n) is 2.01. The van der Waals surface area contributed by atoms with Crippen molar-refractivity contribution in [3.63, 3.8) is 0 Å². The van der Waals surface area contributed by atoms with E-state index >= 15 is 0 Å². The molecule has 0 aliphatic heterocycles. The zero-order valence-electron chi connectivity index (χ0n) is 12.7. The van der Waals surface area contributed by atoms with Crippen LogP contribution in [0.4, 0.5) is 0 Å². The summed E-state index contributed by atoms with van der Waals surface area (Å²) < 4.78 is 11.0.